The predicted molar refractivity (Wildman–Crippen MR) is 86.7 cm³/mol. The van der Waals surface area contributed by atoms with Crippen molar-refractivity contribution in [2.75, 3.05) is 5.32 Å². The molecule has 1 N–H and O–H groups in total. The number of hydrogen-bond donors (Lipinski definition) is 1. The minimum atomic E-state index is -0.138. The molecule has 22 heavy (non-hydrogen) atoms. The molecule has 0 aromatic carbocycles. The van der Waals surface area contributed by atoms with Gasteiger partial charge in [0.15, 0.2) is 0 Å². The number of carbonyl (C=O) groups excluding carboxylic acids is 1. The molecule has 0 fully saturated rings. The Hall–Kier alpha value is -2.32. The third-order valence-electron chi connectivity index (χ3n) is 2.62. The molecule has 0 atom stereocenters. The van der Waals surface area contributed by atoms with Crippen molar-refractivity contribution in [3.63, 3.8) is 0 Å². The summed E-state index contributed by atoms with van der Waals surface area (Å²) in [4.78, 5) is 16.7. The predicted octanol–water partition coefficient (Wildman–Crippen LogP) is 4.71. The maximum atomic E-state index is 11.3. The molecule has 3 rings (SSSR count). The maximum absolute atomic E-state index is 11.3. The van der Waals surface area contributed by atoms with Gasteiger partial charge in [0.1, 0.15) is 23.0 Å². The summed E-state index contributed by atoms with van der Waals surface area (Å²) in [5.74, 6) is 0.599. The molecule has 8 heteroatoms. The minimum absolute atomic E-state index is 0.138. The second-order valence-electron chi connectivity index (χ2n) is 4.31. The van der Waals surface area contributed by atoms with E-state index in [1.54, 1.807) is 23.7 Å². The number of nitrogens with one attached hydrogen (secondary N) is 1. The zero-order valence-corrected chi connectivity index (χ0v) is 13.3. The molecule has 0 aliphatic rings. The van der Waals surface area contributed by atoms with Crippen LogP contribution in [0.15, 0.2) is 50.6 Å². The fourth-order valence-corrected chi connectivity index (χ4v) is 3.39. The van der Waals surface area contributed by atoms with Gasteiger partial charge >= 0.3 is 0 Å². The Bertz CT molecular complexity index is 776. The van der Waals surface area contributed by atoms with Crippen LogP contribution in [0.25, 0.3) is 10.6 Å². The lowest BCUT2D eigenvalue weighted by Crippen LogP contribution is -2.04. The summed E-state index contributed by atoms with van der Waals surface area (Å²) in [5.41, 5.74) is 0.724. The molecule has 6 nitrogen and oxygen atoms in total. The molecule has 0 spiro atoms. The lowest BCUT2D eigenvalue weighted by molar-refractivity contribution is -0.114. The molecule has 0 aliphatic carbocycles. The fourth-order valence-electron chi connectivity index (χ4n) is 1.74. The van der Waals surface area contributed by atoms with Crippen LogP contribution in [0.4, 0.5) is 10.1 Å². The van der Waals surface area contributed by atoms with Gasteiger partial charge in [-0.1, -0.05) is 17.4 Å². The van der Waals surface area contributed by atoms with E-state index in [0.717, 1.165) is 16.3 Å². The van der Waals surface area contributed by atoms with E-state index in [1.165, 1.54) is 18.3 Å². The first-order valence-corrected chi connectivity index (χ1v) is 8.14. The third kappa shape index (κ3) is 3.46. The molecule has 0 saturated heterocycles. The smallest absolute Gasteiger partial charge is 0.232 e. The van der Waals surface area contributed by atoms with Crippen molar-refractivity contribution >= 4 is 38.7 Å². The molecule has 3 aromatic rings. The highest BCUT2D eigenvalue weighted by Gasteiger charge is 2.15. The summed E-state index contributed by atoms with van der Waals surface area (Å²) in [6, 6.07) is 7.53. The Balaban J connectivity index is 1.82. The average molecular weight is 332 g/mol. The summed E-state index contributed by atoms with van der Waals surface area (Å²) in [6.45, 7) is 1.83. The van der Waals surface area contributed by atoms with Gasteiger partial charge in [0, 0.05) is 6.92 Å². The van der Waals surface area contributed by atoms with Crippen molar-refractivity contribution < 1.29 is 9.21 Å². The van der Waals surface area contributed by atoms with E-state index in [9.17, 15) is 4.79 Å². The van der Waals surface area contributed by atoms with Crippen molar-refractivity contribution in [2.24, 2.45) is 10.2 Å². The summed E-state index contributed by atoms with van der Waals surface area (Å²) in [5, 5.41) is 14.1. The van der Waals surface area contributed by atoms with Crippen LogP contribution in [0.3, 0.4) is 0 Å². The van der Waals surface area contributed by atoms with Gasteiger partial charge in [-0.15, -0.1) is 16.5 Å². The Morgan fingerprint density at radius 1 is 1.41 bits per heavy atom. The molecule has 0 radical (unpaired) electrons. The van der Waals surface area contributed by atoms with E-state index < -0.39 is 0 Å². The number of hydrogen-bond acceptors (Lipinski definition) is 7. The molecular formula is C14H12N4O2S2. The topological polar surface area (TPSA) is 79.9 Å². The number of rotatable bonds is 5. The number of carbonyl (C=O) groups is 1. The highest BCUT2D eigenvalue weighted by molar-refractivity contribution is 7.20. The molecule has 112 valence electrons. The van der Waals surface area contributed by atoms with Crippen LogP contribution in [0.2, 0.25) is 0 Å². The van der Waals surface area contributed by atoms with Gasteiger partial charge in [-0.3, -0.25) is 4.79 Å². The van der Waals surface area contributed by atoms with Gasteiger partial charge in [0.25, 0.3) is 0 Å². The first-order chi connectivity index (χ1) is 10.7. The summed E-state index contributed by atoms with van der Waals surface area (Å²) < 4.78 is 5.19. The third-order valence-corrected chi connectivity index (χ3v) is 4.35. The molecule has 0 bridgehead atoms. The minimum Gasteiger partial charge on any atom is -0.467 e. The van der Waals surface area contributed by atoms with Gasteiger partial charge in [0.05, 0.1) is 11.1 Å². The van der Waals surface area contributed by atoms with Crippen LogP contribution in [-0.4, -0.2) is 10.9 Å². The average Bonchev–Trinajstić information content (AvgIpc) is 3.18. The zero-order valence-electron chi connectivity index (χ0n) is 11.6. The monoisotopic (exact) mass is 332 g/mol. The summed E-state index contributed by atoms with van der Waals surface area (Å²) in [7, 11) is 0. The summed E-state index contributed by atoms with van der Waals surface area (Å²) in [6.07, 6.45) is 1.60. The largest absolute Gasteiger partial charge is 0.467 e. The quantitative estimate of drug-likeness (QED) is 0.687. The number of aromatic nitrogens is 1. The van der Waals surface area contributed by atoms with Crippen molar-refractivity contribution in [2.45, 2.75) is 13.5 Å². The van der Waals surface area contributed by atoms with Crippen LogP contribution in [-0.2, 0) is 11.3 Å². The molecule has 0 aliphatic heterocycles. The first kappa shape index (κ1) is 14.6. The van der Waals surface area contributed by atoms with Crippen molar-refractivity contribution in [3.8, 4) is 10.6 Å². The standard InChI is InChI=1S/C14H12N4O2S2/c1-9(19)16-13-12(11-5-3-7-21-11)17-14(22-13)18-15-8-10-4-2-6-20-10/h2-7H,8H2,1H3,(H,16,19). The van der Waals surface area contributed by atoms with Crippen molar-refractivity contribution in [1.82, 2.24) is 4.98 Å². The van der Waals surface area contributed by atoms with E-state index in [2.05, 4.69) is 20.5 Å². The van der Waals surface area contributed by atoms with Crippen LogP contribution in [0.5, 0.6) is 0 Å². The Morgan fingerprint density at radius 2 is 2.32 bits per heavy atom. The van der Waals surface area contributed by atoms with Gasteiger partial charge in [-0.2, -0.15) is 5.11 Å². The molecule has 3 aromatic heterocycles. The van der Waals surface area contributed by atoms with Gasteiger partial charge in [0.2, 0.25) is 11.0 Å². The fraction of sp³-hybridized carbons (Fsp3) is 0.143. The normalized spacial score (nSPS) is 11.1. The Labute approximate surface area is 134 Å². The van der Waals surface area contributed by atoms with Crippen LogP contribution < -0.4 is 5.32 Å². The number of nitrogens with zero attached hydrogens (tertiary/aromatic N) is 3. The van der Waals surface area contributed by atoms with E-state index in [-0.39, 0.29) is 5.91 Å². The van der Waals surface area contributed by atoms with Crippen LogP contribution >= 0.6 is 22.7 Å². The lowest BCUT2D eigenvalue weighted by atomic mass is 10.3. The van der Waals surface area contributed by atoms with Gasteiger partial charge in [-0.25, -0.2) is 4.98 Å². The number of furan rings is 1. The zero-order chi connectivity index (χ0) is 15.4. The van der Waals surface area contributed by atoms with E-state index in [0.29, 0.717) is 16.7 Å². The van der Waals surface area contributed by atoms with Crippen LogP contribution in [0, 0.1) is 0 Å². The number of anilines is 1. The molecule has 0 saturated carbocycles. The lowest BCUT2D eigenvalue weighted by Gasteiger charge is -1.99. The van der Waals surface area contributed by atoms with Crippen LogP contribution in [0.1, 0.15) is 12.7 Å². The van der Waals surface area contributed by atoms with E-state index >= 15 is 0 Å². The Morgan fingerprint density at radius 3 is 3.00 bits per heavy atom. The molecule has 3 heterocycles. The van der Waals surface area contributed by atoms with Crippen molar-refractivity contribution in [1.29, 1.82) is 0 Å². The van der Waals surface area contributed by atoms with Gasteiger partial charge < -0.3 is 9.73 Å². The number of thiazole rings is 1. The SMILES string of the molecule is CC(=O)Nc1sc(N=NCc2ccco2)nc1-c1cccs1. The highest BCUT2D eigenvalue weighted by atomic mass is 32.1. The summed E-state index contributed by atoms with van der Waals surface area (Å²) >= 11 is 2.85. The van der Waals surface area contributed by atoms with Gasteiger partial charge in [-0.05, 0) is 23.6 Å². The van der Waals surface area contributed by atoms with E-state index in [1.807, 2.05) is 23.6 Å². The molecule has 0 unspecified atom stereocenters. The number of azo groups is 1. The second-order valence-corrected chi connectivity index (χ2v) is 6.24. The second kappa shape index (κ2) is 6.63. The van der Waals surface area contributed by atoms with E-state index in [4.69, 9.17) is 4.42 Å². The Kier molecular flexibility index (Phi) is 4.40. The molecule has 1 amide bonds. The maximum Gasteiger partial charge on any atom is 0.232 e. The number of thiophene rings is 1. The van der Waals surface area contributed by atoms with Crippen molar-refractivity contribution in [3.05, 3.63) is 41.7 Å². The molecular weight excluding hydrogens is 320 g/mol. The highest BCUT2D eigenvalue weighted by Crippen LogP contribution is 2.39. The number of amides is 1. The first-order valence-electron chi connectivity index (χ1n) is 6.44.